The van der Waals surface area contributed by atoms with Crippen LogP contribution in [0.25, 0.3) is 0 Å². The fourth-order valence-electron chi connectivity index (χ4n) is 1.48. The van der Waals surface area contributed by atoms with Crippen LogP contribution in [0.2, 0.25) is 0 Å². The number of amides is 2. The SMILES string of the molecule is CCc1ccc(CNC(=O)C(=O)NC[C@@H](C)O)cc1. The molecule has 0 aromatic heterocycles. The Bertz CT molecular complexity index is 427. The van der Waals surface area contributed by atoms with E-state index < -0.39 is 17.9 Å². The predicted octanol–water partition coefficient (Wildman–Crippen LogP) is 0.362. The third-order valence-corrected chi connectivity index (χ3v) is 2.65. The van der Waals surface area contributed by atoms with Crippen molar-refractivity contribution in [1.29, 1.82) is 0 Å². The molecule has 3 N–H and O–H groups in total. The third-order valence-electron chi connectivity index (χ3n) is 2.65. The van der Waals surface area contributed by atoms with Crippen molar-refractivity contribution in [3.8, 4) is 0 Å². The van der Waals surface area contributed by atoms with E-state index in [4.69, 9.17) is 5.11 Å². The Morgan fingerprint density at radius 1 is 1.11 bits per heavy atom. The summed E-state index contributed by atoms with van der Waals surface area (Å²) in [7, 11) is 0. The summed E-state index contributed by atoms with van der Waals surface area (Å²) in [5.41, 5.74) is 2.17. The molecule has 5 heteroatoms. The van der Waals surface area contributed by atoms with E-state index in [1.54, 1.807) is 0 Å². The van der Waals surface area contributed by atoms with Gasteiger partial charge in [-0.1, -0.05) is 31.2 Å². The monoisotopic (exact) mass is 264 g/mol. The number of rotatable bonds is 5. The lowest BCUT2D eigenvalue weighted by molar-refractivity contribution is -0.139. The summed E-state index contributed by atoms with van der Waals surface area (Å²) < 4.78 is 0. The van der Waals surface area contributed by atoms with Gasteiger partial charge in [0.1, 0.15) is 0 Å². The molecule has 0 aliphatic heterocycles. The van der Waals surface area contributed by atoms with Crippen LogP contribution in [0.5, 0.6) is 0 Å². The van der Waals surface area contributed by atoms with Crippen molar-refractivity contribution >= 4 is 11.8 Å². The maximum atomic E-state index is 11.4. The van der Waals surface area contributed by atoms with E-state index in [0.717, 1.165) is 12.0 Å². The normalized spacial score (nSPS) is 11.7. The van der Waals surface area contributed by atoms with E-state index >= 15 is 0 Å². The van der Waals surface area contributed by atoms with Crippen LogP contribution in [0.3, 0.4) is 0 Å². The average Bonchev–Trinajstić information content (AvgIpc) is 2.42. The fraction of sp³-hybridized carbons (Fsp3) is 0.429. The van der Waals surface area contributed by atoms with Crippen LogP contribution in [0.1, 0.15) is 25.0 Å². The van der Waals surface area contributed by atoms with Crippen molar-refractivity contribution in [2.75, 3.05) is 6.54 Å². The second-order valence-corrected chi connectivity index (χ2v) is 4.41. The Labute approximate surface area is 113 Å². The second-order valence-electron chi connectivity index (χ2n) is 4.41. The highest BCUT2D eigenvalue weighted by Gasteiger charge is 2.12. The first kappa shape index (κ1) is 15.2. The van der Waals surface area contributed by atoms with Gasteiger partial charge in [0, 0.05) is 13.1 Å². The summed E-state index contributed by atoms with van der Waals surface area (Å²) in [6.07, 6.45) is 0.298. The first-order valence-electron chi connectivity index (χ1n) is 6.34. The predicted molar refractivity (Wildman–Crippen MR) is 72.4 cm³/mol. The van der Waals surface area contributed by atoms with Gasteiger partial charge < -0.3 is 15.7 Å². The number of carbonyl (C=O) groups is 2. The van der Waals surface area contributed by atoms with E-state index in [9.17, 15) is 9.59 Å². The highest BCUT2D eigenvalue weighted by atomic mass is 16.3. The van der Waals surface area contributed by atoms with Gasteiger partial charge >= 0.3 is 11.8 Å². The summed E-state index contributed by atoms with van der Waals surface area (Å²) in [5, 5.41) is 13.9. The van der Waals surface area contributed by atoms with E-state index in [1.165, 1.54) is 12.5 Å². The number of hydrogen-bond acceptors (Lipinski definition) is 3. The lowest BCUT2D eigenvalue weighted by atomic mass is 10.1. The van der Waals surface area contributed by atoms with Crippen LogP contribution in [-0.4, -0.2) is 29.6 Å². The van der Waals surface area contributed by atoms with Gasteiger partial charge in [0.2, 0.25) is 0 Å². The van der Waals surface area contributed by atoms with Gasteiger partial charge in [-0.15, -0.1) is 0 Å². The molecule has 0 aliphatic rings. The fourth-order valence-corrected chi connectivity index (χ4v) is 1.48. The van der Waals surface area contributed by atoms with Crippen LogP contribution >= 0.6 is 0 Å². The molecule has 1 aromatic rings. The second kappa shape index (κ2) is 7.53. The Kier molecular flexibility index (Phi) is 6.02. The molecule has 0 aliphatic carbocycles. The van der Waals surface area contributed by atoms with Crippen LogP contribution in [0.15, 0.2) is 24.3 Å². The van der Waals surface area contributed by atoms with Gasteiger partial charge in [-0.25, -0.2) is 0 Å². The summed E-state index contributed by atoms with van der Waals surface area (Å²) in [6, 6.07) is 7.84. The molecule has 0 radical (unpaired) electrons. The molecule has 0 unspecified atom stereocenters. The zero-order valence-electron chi connectivity index (χ0n) is 11.3. The summed E-state index contributed by atoms with van der Waals surface area (Å²) >= 11 is 0. The van der Waals surface area contributed by atoms with Gasteiger partial charge in [-0.3, -0.25) is 9.59 Å². The van der Waals surface area contributed by atoms with E-state index in [2.05, 4.69) is 17.6 Å². The average molecular weight is 264 g/mol. The largest absolute Gasteiger partial charge is 0.392 e. The van der Waals surface area contributed by atoms with Crippen molar-refractivity contribution in [3.63, 3.8) is 0 Å². The molecule has 1 rings (SSSR count). The molecule has 104 valence electrons. The maximum Gasteiger partial charge on any atom is 0.309 e. The van der Waals surface area contributed by atoms with Crippen molar-refractivity contribution in [3.05, 3.63) is 35.4 Å². The van der Waals surface area contributed by atoms with E-state index in [-0.39, 0.29) is 6.54 Å². The van der Waals surface area contributed by atoms with Gasteiger partial charge in [0.15, 0.2) is 0 Å². The van der Waals surface area contributed by atoms with Crippen molar-refractivity contribution in [2.24, 2.45) is 0 Å². The Morgan fingerprint density at radius 3 is 2.16 bits per heavy atom. The molecule has 5 nitrogen and oxygen atoms in total. The molecule has 0 saturated carbocycles. The number of nitrogens with one attached hydrogen (secondary N) is 2. The minimum absolute atomic E-state index is 0.0669. The minimum atomic E-state index is -0.730. The Morgan fingerprint density at radius 2 is 1.63 bits per heavy atom. The van der Waals surface area contributed by atoms with Crippen molar-refractivity contribution in [2.45, 2.75) is 32.9 Å². The molecular formula is C14H20N2O3. The van der Waals surface area contributed by atoms with E-state index in [0.29, 0.717) is 6.54 Å². The number of hydrogen-bond donors (Lipinski definition) is 3. The topological polar surface area (TPSA) is 78.4 Å². The van der Waals surface area contributed by atoms with Gasteiger partial charge in [0.25, 0.3) is 0 Å². The quantitative estimate of drug-likeness (QED) is 0.672. The molecule has 0 spiro atoms. The summed E-state index contributed by atoms with van der Waals surface area (Å²) in [5.74, 6) is -1.42. The summed E-state index contributed by atoms with van der Waals surface area (Å²) in [6.45, 7) is 3.99. The molecule has 0 fully saturated rings. The zero-order chi connectivity index (χ0) is 14.3. The van der Waals surface area contributed by atoms with Crippen LogP contribution in [0, 0.1) is 0 Å². The third kappa shape index (κ3) is 5.52. The van der Waals surface area contributed by atoms with Crippen LogP contribution in [-0.2, 0) is 22.6 Å². The standard InChI is InChI=1S/C14H20N2O3/c1-3-11-4-6-12(7-5-11)9-16-14(19)13(18)15-8-10(2)17/h4-7,10,17H,3,8-9H2,1-2H3,(H,15,18)(H,16,19)/t10-/m1/s1. The van der Waals surface area contributed by atoms with Crippen LogP contribution in [0.4, 0.5) is 0 Å². The first-order chi connectivity index (χ1) is 9.02. The molecule has 1 aromatic carbocycles. The lowest BCUT2D eigenvalue weighted by Crippen LogP contribution is -2.42. The van der Waals surface area contributed by atoms with Gasteiger partial charge in [-0.05, 0) is 24.5 Å². The molecule has 0 heterocycles. The van der Waals surface area contributed by atoms with E-state index in [1.807, 2.05) is 24.3 Å². The highest BCUT2D eigenvalue weighted by molar-refractivity contribution is 6.35. The van der Waals surface area contributed by atoms with Crippen LogP contribution < -0.4 is 10.6 Å². The molecular weight excluding hydrogens is 244 g/mol. The number of aryl methyl sites for hydroxylation is 1. The number of carbonyl (C=O) groups excluding carboxylic acids is 2. The first-order valence-corrected chi connectivity index (χ1v) is 6.34. The molecule has 1 atom stereocenters. The molecule has 0 bridgehead atoms. The number of aliphatic hydroxyl groups excluding tert-OH is 1. The molecule has 2 amide bonds. The Balaban J connectivity index is 2.38. The lowest BCUT2D eigenvalue weighted by Gasteiger charge is -2.08. The van der Waals surface area contributed by atoms with Gasteiger partial charge in [0.05, 0.1) is 6.10 Å². The smallest absolute Gasteiger partial charge is 0.309 e. The van der Waals surface area contributed by atoms with Crippen molar-refractivity contribution in [1.82, 2.24) is 10.6 Å². The molecule has 19 heavy (non-hydrogen) atoms. The Hall–Kier alpha value is -1.88. The van der Waals surface area contributed by atoms with Gasteiger partial charge in [-0.2, -0.15) is 0 Å². The zero-order valence-corrected chi connectivity index (χ0v) is 11.3. The number of aliphatic hydroxyl groups is 1. The highest BCUT2D eigenvalue weighted by Crippen LogP contribution is 2.04. The molecule has 0 saturated heterocycles. The summed E-state index contributed by atoms with van der Waals surface area (Å²) in [4.78, 5) is 22.8. The van der Waals surface area contributed by atoms with Crippen molar-refractivity contribution < 1.29 is 14.7 Å². The maximum absolute atomic E-state index is 11.4. The minimum Gasteiger partial charge on any atom is -0.392 e. The number of benzene rings is 1.